The summed E-state index contributed by atoms with van der Waals surface area (Å²) < 4.78 is 37.9. The molecule has 3 aromatic carbocycles. The second-order valence-electron chi connectivity index (χ2n) is 9.98. The van der Waals surface area contributed by atoms with E-state index in [1.54, 1.807) is 36.4 Å². The highest BCUT2D eigenvalue weighted by Gasteiger charge is 2.34. The predicted molar refractivity (Wildman–Crippen MR) is 166 cm³/mol. The molecule has 2 amide bonds. The molecule has 0 radical (unpaired) electrons. The fourth-order valence-electron chi connectivity index (χ4n) is 4.41. The fourth-order valence-corrected chi connectivity index (χ4v) is 5.47. The van der Waals surface area contributed by atoms with Gasteiger partial charge < -0.3 is 19.7 Å². The summed E-state index contributed by atoms with van der Waals surface area (Å²) in [6, 6.07) is 20.0. The number of ether oxygens (including phenoxy) is 2. The number of methoxy groups -OCH3 is 2. The van der Waals surface area contributed by atoms with E-state index in [9.17, 15) is 18.0 Å². The molecule has 1 N–H and O–H groups in total. The molecule has 0 saturated carbocycles. The summed E-state index contributed by atoms with van der Waals surface area (Å²) in [5, 5.41) is 3.48. The Hall–Kier alpha value is -3.76. The molecule has 0 spiro atoms. The number of rotatable bonds is 14. The molecule has 3 rings (SSSR count). The molecule has 0 aliphatic rings. The largest absolute Gasteiger partial charge is 0.497 e. The van der Waals surface area contributed by atoms with E-state index in [2.05, 4.69) is 5.32 Å². The molecule has 0 fully saturated rings. The second-order valence-corrected chi connectivity index (χ2v) is 12.3. The third kappa shape index (κ3) is 8.87. The smallest absolute Gasteiger partial charge is 0.244 e. The first-order valence-electron chi connectivity index (χ1n) is 13.5. The average molecular weight is 616 g/mol. The van der Waals surface area contributed by atoms with E-state index in [1.165, 1.54) is 25.2 Å². The zero-order valence-corrected chi connectivity index (χ0v) is 26.1. The van der Waals surface area contributed by atoms with Crippen LogP contribution >= 0.6 is 11.6 Å². The summed E-state index contributed by atoms with van der Waals surface area (Å²) in [5.74, 6) is -0.290. The Bertz CT molecular complexity index is 1470. The number of hydrogen-bond acceptors (Lipinski definition) is 6. The van der Waals surface area contributed by atoms with E-state index < -0.39 is 28.5 Å². The molecule has 0 aromatic heterocycles. The normalized spacial score (nSPS) is 12.6. The number of anilines is 1. The minimum absolute atomic E-state index is 0.0255. The zero-order valence-electron chi connectivity index (χ0n) is 24.5. The van der Waals surface area contributed by atoms with Gasteiger partial charge in [-0.25, -0.2) is 8.42 Å². The molecule has 2 atom stereocenters. The zero-order chi connectivity index (χ0) is 30.9. The van der Waals surface area contributed by atoms with Gasteiger partial charge in [-0.3, -0.25) is 13.9 Å². The SMILES string of the molecule is CC[C@@H](C)NC(=O)[C@@H](Cc1ccccc1)N(Cc1cccc(Cl)c1)C(=O)CN(c1cc(OC)ccc1OC)S(C)(=O)=O. The highest BCUT2D eigenvalue weighted by atomic mass is 35.5. The lowest BCUT2D eigenvalue weighted by molar-refractivity contribution is -0.140. The monoisotopic (exact) mass is 615 g/mol. The number of benzene rings is 3. The van der Waals surface area contributed by atoms with Crippen molar-refractivity contribution in [3.8, 4) is 11.5 Å². The van der Waals surface area contributed by atoms with Gasteiger partial charge in [0.05, 0.1) is 26.2 Å². The first-order valence-corrected chi connectivity index (χ1v) is 15.8. The molecule has 226 valence electrons. The van der Waals surface area contributed by atoms with Crippen LogP contribution in [0.4, 0.5) is 5.69 Å². The van der Waals surface area contributed by atoms with Crippen LogP contribution in [0.2, 0.25) is 5.02 Å². The summed E-state index contributed by atoms with van der Waals surface area (Å²) >= 11 is 6.26. The van der Waals surface area contributed by atoms with Gasteiger partial charge >= 0.3 is 0 Å². The molecule has 0 heterocycles. The molecular weight excluding hydrogens is 578 g/mol. The lowest BCUT2D eigenvalue weighted by Crippen LogP contribution is -2.54. The van der Waals surface area contributed by atoms with E-state index in [0.717, 1.165) is 16.1 Å². The van der Waals surface area contributed by atoms with Crippen molar-refractivity contribution >= 4 is 39.1 Å². The maximum absolute atomic E-state index is 14.2. The Morgan fingerprint density at radius 2 is 1.64 bits per heavy atom. The predicted octanol–water partition coefficient (Wildman–Crippen LogP) is 4.68. The van der Waals surface area contributed by atoms with Crippen LogP contribution in [-0.4, -0.2) is 64.2 Å². The number of sulfonamides is 1. The van der Waals surface area contributed by atoms with Crippen molar-refractivity contribution in [2.75, 3.05) is 31.3 Å². The van der Waals surface area contributed by atoms with E-state index in [-0.39, 0.29) is 36.4 Å². The summed E-state index contributed by atoms with van der Waals surface area (Å²) in [6.07, 6.45) is 1.93. The number of amides is 2. The van der Waals surface area contributed by atoms with Crippen molar-refractivity contribution in [3.63, 3.8) is 0 Å². The molecule has 11 heteroatoms. The number of carbonyl (C=O) groups excluding carboxylic acids is 2. The Balaban J connectivity index is 2.11. The van der Waals surface area contributed by atoms with Crippen LogP contribution in [0.5, 0.6) is 11.5 Å². The summed E-state index contributed by atoms with van der Waals surface area (Å²) in [4.78, 5) is 29.4. The molecular formula is C31H38ClN3O6S. The first-order chi connectivity index (χ1) is 20.0. The van der Waals surface area contributed by atoms with Crippen LogP contribution in [0, 0.1) is 0 Å². The quantitative estimate of drug-likeness (QED) is 0.282. The van der Waals surface area contributed by atoms with Crippen LogP contribution in [0.15, 0.2) is 72.8 Å². The van der Waals surface area contributed by atoms with Gasteiger partial charge in [-0.1, -0.05) is 61.0 Å². The molecule has 0 aliphatic heterocycles. The topological polar surface area (TPSA) is 105 Å². The van der Waals surface area contributed by atoms with Crippen molar-refractivity contribution < 1.29 is 27.5 Å². The summed E-state index contributed by atoms with van der Waals surface area (Å²) in [6.45, 7) is 3.29. The van der Waals surface area contributed by atoms with Crippen molar-refractivity contribution in [2.45, 2.75) is 45.3 Å². The maximum atomic E-state index is 14.2. The van der Waals surface area contributed by atoms with Gasteiger partial charge in [0.2, 0.25) is 21.8 Å². The van der Waals surface area contributed by atoms with Gasteiger partial charge in [0.25, 0.3) is 0 Å². The molecule has 0 bridgehead atoms. The van der Waals surface area contributed by atoms with Crippen LogP contribution in [0.3, 0.4) is 0 Å². The van der Waals surface area contributed by atoms with Crippen molar-refractivity contribution in [3.05, 3.63) is 88.9 Å². The van der Waals surface area contributed by atoms with Crippen LogP contribution in [-0.2, 0) is 32.6 Å². The molecule has 0 unspecified atom stereocenters. The number of carbonyl (C=O) groups is 2. The average Bonchev–Trinajstić information content (AvgIpc) is 2.97. The van der Waals surface area contributed by atoms with E-state index in [4.69, 9.17) is 21.1 Å². The van der Waals surface area contributed by atoms with Crippen molar-refractivity contribution in [1.82, 2.24) is 10.2 Å². The van der Waals surface area contributed by atoms with Crippen molar-refractivity contribution in [2.24, 2.45) is 0 Å². The van der Waals surface area contributed by atoms with Gasteiger partial charge in [-0.05, 0) is 48.7 Å². The van der Waals surface area contributed by atoms with Gasteiger partial charge in [-0.15, -0.1) is 0 Å². The standard InChI is InChI=1S/C31H38ClN3O6S/c1-6-22(2)33-31(37)28(18-23-11-8-7-9-12-23)34(20-24-13-10-14-25(32)17-24)30(36)21-35(42(5,38)39)27-19-26(40-3)15-16-29(27)41-4/h7-17,19,22,28H,6,18,20-21H2,1-5H3,(H,33,37)/t22-,28-/m1/s1. The van der Waals surface area contributed by atoms with Crippen molar-refractivity contribution in [1.29, 1.82) is 0 Å². The second kappa shape index (κ2) is 14.9. The number of nitrogens with one attached hydrogen (secondary N) is 1. The van der Waals surface area contributed by atoms with Gasteiger partial charge in [0.15, 0.2) is 0 Å². The Labute approximate surface area is 253 Å². The minimum Gasteiger partial charge on any atom is -0.497 e. The molecule has 9 nitrogen and oxygen atoms in total. The lowest BCUT2D eigenvalue weighted by atomic mass is 10.0. The summed E-state index contributed by atoms with van der Waals surface area (Å²) in [7, 11) is -1.12. The lowest BCUT2D eigenvalue weighted by Gasteiger charge is -2.34. The number of hydrogen-bond donors (Lipinski definition) is 1. The van der Waals surface area contributed by atoms with Gasteiger partial charge in [-0.2, -0.15) is 0 Å². The third-order valence-electron chi connectivity index (χ3n) is 6.85. The highest BCUT2D eigenvalue weighted by Crippen LogP contribution is 2.34. The molecule has 3 aromatic rings. The third-order valence-corrected chi connectivity index (χ3v) is 8.21. The van der Waals surface area contributed by atoms with Gasteiger partial charge in [0.1, 0.15) is 24.1 Å². The van der Waals surface area contributed by atoms with Crippen LogP contribution < -0.4 is 19.1 Å². The fraction of sp³-hybridized carbons (Fsp3) is 0.355. The molecule has 0 aliphatic carbocycles. The van der Waals surface area contributed by atoms with Crippen LogP contribution in [0.25, 0.3) is 0 Å². The highest BCUT2D eigenvalue weighted by molar-refractivity contribution is 7.92. The minimum atomic E-state index is -3.98. The first kappa shape index (κ1) is 32.8. The van der Waals surface area contributed by atoms with E-state index in [1.807, 2.05) is 44.2 Å². The Morgan fingerprint density at radius 3 is 2.24 bits per heavy atom. The number of halogens is 1. The Morgan fingerprint density at radius 1 is 0.952 bits per heavy atom. The maximum Gasteiger partial charge on any atom is 0.244 e. The number of nitrogens with zero attached hydrogens (tertiary/aromatic N) is 2. The molecule has 42 heavy (non-hydrogen) atoms. The van der Waals surface area contributed by atoms with E-state index >= 15 is 0 Å². The summed E-state index contributed by atoms with van der Waals surface area (Å²) in [5.41, 5.74) is 1.68. The van der Waals surface area contributed by atoms with Crippen LogP contribution in [0.1, 0.15) is 31.4 Å². The van der Waals surface area contributed by atoms with Gasteiger partial charge in [0, 0.05) is 30.1 Å². The molecule has 0 saturated heterocycles. The Kier molecular flexibility index (Phi) is 11.6. The van der Waals surface area contributed by atoms with E-state index in [0.29, 0.717) is 22.8 Å².